The van der Waals surface area contributed by atoms with Gasteiger partial charge in [0.1, 0.15) is 0 Å². The highest BCUT2D eigenvalue weighted by molar-refractivity contribution is 14.0. The molecule has 1 aliphatic heterocycles. The van der Waals surface area contributed by atoms with E-state index < -0.39 is 0 Å². The summed E-state index contributed by atoms with van der Waals surface area (Å²) >= 11 is 0. The molecule has 4 nitrogen and oxygen atoms in total. The van der Waals surface area contributed by atoms with Crippen molar-refractivity contribution in [2.45, 2.75) is 53.0 Å². The molecule has 1 fully saturated rings. The van der Waals surface area contributed by atoms with Crippen LogP contribution in [0.2, 0.25) is 0 Å². The van der Waals surface area contributed by atoms with Crippen molar-refractivity contribution >= 4 is 29.9 Å². The summed E-state index contributed by atoms with van der Waals surface area (Å²) in [6.45, 7) is 15.1. The highest BCUT2D eigenvalue weighted by Gasteiger charge is 2.25. The molecule has 0 radical (unpaired) electrons. The molecule has 0 atom stereocenters. The fourth-order valence-electron chi connectivity index (χ4n) is 2.47. The van der Waals surface area contributed by atoms with Crippen LogP contribution in [0, 0.1) is 5.41 Å². The summed E-state index contributed by atoms with van der Waals surface area (Å²) in [4.78, 5) is 6.89. The van der Waals surface area contributed by atoms with Gasteiger partial charge in [-0.25, -0.2) is 0 Å². The fraction of sp³-hybridized carbons (Fsp3) is 0.929. The lowest BCUT2D eigenvalue weighted by Gasteiger charge is -2.37. The predicted octanol–water partition coefficient (Wildman–Crippen LogP) is 2.43. The number of guanidine groups is 1. The molecule has 3 N–H and O–H groups in total. The molecule has 0 aromatic heterocycles. The molecule has 19 heavy (non-hydrogen) atoms. The first-order valence-corrected chi connectivity index (χ1v) is 6.98. The van der Waals surface area contributed by atoms with Crippen LogP contribution in [0.5, 0.6) is 0 Å². The highest BCUT2D eigenvalue weighted by atomic mass is 127. The number of rotatable bonds is 3. The molecule has 0 amide bonds. The van der Waals surface area contributed by atoms with E-state index in [1.54, 1.807) is 0 Å². The van der Waals surface area contributed by atoms with Crippen LogP contribution in [0.3, 0.4) is 0 Å². The minimum Gasteiger partial charge on any atom is -0.370 e. The van der Waals surface area contributed by atoms with E-state index in [-0.39, 0.29) is 29.5 Å². The third-order valence-electron chi connectivity index (χ3n) is 3.18. The molecule has 0 aromatic carbocycles. The quantitative estimate of drug-likeness (QED) is 0.448. The van der Waals surface area contributed by atoms with Crippen molar-refractivity contribution in [1.29, 1.82) is 0 Å². The number of hydrogen-bond acceptors (Lipinski definition) is 2. The van der Waals surface area contributed by atoms with Crippen LogP contribution < -0.4 is 11.1 Å². The second-order valence-corrected chi connectivity index (χ2v) is 7.19. The first kappa shape index (κ1) is 19.0. The zero-order chi connectivity index (χ0) is 13.8. The van der Waals surface area contributed by atoms with E-state index in [0.29, 0.717) is 11.4 Å². The van der Waals surface area contributed by atoms with E-state index in [1.807, 2.05) is 0 Å². The number of halogens is 1. The molecular formula is C14H31IN4. The molecule has 0 aromatic rings. The van der Waals surface area contributed by atoms with Gasteiger partial charge in [-0.1, -0.05) is 13.8 Å². The van der Waals surface area contributed by atoms with Gasteiger partial charge in [0.2, 0.25) is 0 Å². The Hall–Kier alpha value is -0.0400. The lowest BCUT2D eigenvalue weighted by atomic mass is 9.84. The summed E-state index contributed by atoms with van der Waals surface area (Å²) in [5.74, 6) is 0.554. The maximum atomic E-state index is 5.85. The molecule has 1 aliphatic rings. The largest absolute Gasteiger partial charge is 0.370 e. The number of likely N-dealkylation sites (tertiary alicyclic amines) is 1. The number of hydrogen-bond donors (Lipinski definition) is 2. The van der Waals surface area contributed by atoms with Crippen molar-refractivity contribution in [2.24, 2.45) is 16.1 Å². The summed E-state index contributed by atoms with van der Waals surface area (Å²) in [5, 5.41) is 3.18. The van der Waals surface area contributed by atoms with Gasteiger partial charge in [0, 0.05) is 18.6 Å². The Morgan fingerprint density at radius 1 is 1.37 bits per heavy atom. The minimum atomic E-state index is -0.0132. The van der Waals surface area contributed by atoms with Gasteiger partial charge in [0.25, 0.3) is 0 Å². The number of nitrogens with one attached hydrogen (secondary N) is 1. The summed E-state index contributed by atoms with van der Waals surface area (Å²) in [6, 6.07) is 0. The smallest absolute Gasteiger partial charge is 0.189 e. The summed E-state index contributed by atoms with van der Waals surface area (Å²) in [7, 11) is 0. The molecule has 0 unspecified atom stereocenters. The average Bonchev–Trinajstić information content (AvgIpc) is 2.12. The molecule has 0 saturated carbocycles. The third-order valence-corrected chi connectivity index (χ3v) is 3.18. The molecular weight excluding hydrogens is 351 g/mol. The van der Waals surface area contributed by atoms with E-state index in [4.69, 9.17) is 5.73 Å². The molecule has 0 aliphatic carbocycles. The van der Waals surface area contributed by atoms with Crippen LogP contribution in [0.15, 0.2) is 4.99 Å². The Labute approximate surface area is 135 Å². The SMILES string of the molecule is CC1(C)CCCN(CCN=C(N)NC(C)(C)C)C1.I. The van der Waals surface area contributed by atoms with Crippen LogP contribution >= 0.6 is 24.0 Å². The molecule has 1 saturated heterocycles. The maximum absolute atomic E-state index is 5.85. The van der Waals surface area contributed by atoms with Crippen LogP contribution in [0.25, 0.3) is 0 Å². The number of nitrogens with two attached hydrogens (primary N) is 1. The van der Waals surface area contributed by atoms with E-state index in [1.165, 1.54) is 25.9 Å². The molecule has 114 valence electrons. The summed E-state index contributed by atoms with van der Waals surface area (Å²) < 4.78 is 0. The van der Waals surface area contributed by atoms with E-state index in [2.05, 4.69) is 49.8 Å². The van der Waals surface area contributed by atoms with Crippen LogP contribution in [0.1, 0.15) is 47.5 Å². The molecule has 0 bridgehead atoms. The van der Waals surface area contributed by atoms with Gasteiger partial charge >= 0.3 is 0 Å². The normalized spacial score (nSPS) is 20.8. The molecule has 0 spiro atoms. The van der Waals surface area contributed by atoms with Gasteiger partial charge in [-0.2, -0.15) is 0 Å². The Morgan fingerprint density at radius 3 is 2.53 bits per heavy atom. The molecule has 1 heterocycles. The standard InChI is InChI=1S/C14H30N4.HI/c1-13(2,3)17-12(15)16-8-10-18-9-6-7-14(4,5)11-18;/h6-11H2,1-5H3,(H3,15,16,17);1H. The minimum absolute atomic E-state index is 0. The topological polar surface area (TPSA) is 53.6 Å². The monoisotopic (exact) mass is 382 g/mol. The lowest BCUT2D eigenvalue weighted by Crippen LogP contribution is -2.45. The fourth-order valence-corrected chi connectivity index (χ4v) is 2.47. The zero-order valence-corrected chi connectivity index (χ0v) is 15.5. The zero-order valence-electron chi connectivity index (χ0n) is 13.1. The van der Waals surface area contributed by atoms with Gasteiger partial charge in [0.15, 0.2) is 5.96 Å². The van der Waals surface area contributed by atoms with Crippen LogP contribution in [-0.2, 0) is 0 Å². The van der Waals surface area contributed by atoms with Crippen molar-refractivity contribution in [3.8, 4) is 0 Å². The Morgan fingerprint density at radius 2 is 2.00 bits per heavy atom. The first-order chi connectivity index (χ1) is 8.18. The average molecular weight is 382 g/mol. The van der Waals surface area contributed by atoms with Crippen molar-refractivity contribution in [3.05, 3.63) is 0 Å². The van der Waals surface area contributed by atoms with Crippen molar-refractivity contribution < 1.29 is 0 Å². The van der Waals surface area contributed by atoms with E-state index in [9.17, 15) is 0 Å². The van der Waals surface area contributed by atoms with Gasteiger partial charge in [-0.15, -0.1) is 24.0 Å². The summed E-state index contributed by atoms with van der Waals surface area (Å²) in [6.07, 6.45) is 2.63. The number of nitrogens with zero attached hydrogens (tertiary/aromatic N) is 2. The van der Waals surface area contributed by atoms with Gasteiger partial charge in [-0.3, -0.25) is 4.99 Å². The molecule has 1 rings (SSSR count). The maximum Gasteiger partial charge on any atom is 0.189 e. The number of aliphatic imine (C=N–C) groups is 1. The van der Waals surface area contributed by atoms with E-state index in [0.717, 1.165) is 13.1 Å². The van der Waals surface area contributed by atoms with Gasteiger partial charge in [0.05, 0.1) is 6.54 Å². The van der Waals surface area contributed by atoms with Crippen LogP contribution in [0.4, 0.5) is 0 Å². The predicted molar refractivity (Wildman–Crippen MR) is 94.2 cm³/mol. The second kappa shape index (κ2) is 7.67. The van der Waals surface area contributed by atoms with Gasteiger partial charge < -0.3 is 16.0 Å². The van der Waals surface area contributed by atoms with E-state index >= 15 is 0 Å². The third kappa shape index (κ3) is 8.68. The van der Waals surface area contributed by atoms with Crippen molar-refractivity contribution in [1.82, 2.24) is 10.2 Å². The highest BCUT2D eigenvalue weighted by Crippen LogP contribution is 2.27. The van der Waals surface area contributed by atoms with Crippen molar-refractivity contribution in [2.75, 3.05) is 26.2 Å². The molecule has 5 heteroatoms. The van der Waals surface area contributed by atoms with Gasteiger partial charge in [-0.05, 0) is 45.6 Å². The second-order valence-electron chi connectivity index (χ2n) is 7.19. The van der Waals surface area contributed by atoms with Crippen molar-refractivity contribution in [3.63, 3.8) is 0 Å². The first-order valence-electron chi connectivity index (χ1n) is 6.98. The summed E-state index contributed by atoms with van der Waals surface area (Å²) in [5.41, 5.74) is 6.29. The van der Waals surface area contributed by atoms with Crippen LogP contribution in [-0.4, -0.2) is 42.6 Å². The lowest BCUT2D eigenvalue weighted by molar-refractivity contribution is 0.121. The Balaban J connectivity index is 0.00000324. The Bertz CT molecular complexity index is 294. The number of piperidine rings is 1. The Kier molecular flexibility index (Phi) is 7.65.